The van der Waals surface area contributed by atoms with Crippen molar-refractivity contribution in [2.24, 2.45) is 10.8 Å². The van der Waals surface area contributed by atoms with E-state index in [9.17, 15) is 28.8 Å². The maximum Gasteiger partial charge on any atom is 0.339 e. The summed E-state index contributed by atoms with van der Waals surface area (Å²) in [5.74, 6) is -4.58. The molecule has 0 radical (unpaired) electrons. The Labute approximate surface area is 149 Å². The number of hydrogen-bond acceptors (Lipinski definition) is 8. The Morgan fingerprint density at radius 2 is 0.885 bits per heavy atom. The molecule has 2 fully saturated rings. The van der Waals surface area contributed by atoms with E-state index in [1.54, 1.807) is 0 Å². The molecule has 142 valence electrons. The van der Waals surface area contributed by atoms with Crippen LogP contribution in [0.2, 0.25) is 0 Å². The Hall–Kier alpha value is -2.78. The number of carbonyl (C=O) groups excluding carboxylic acids is 6. The fraction of sp³-hybridized carbons (Fsp3) is 0.625. The van der Waals surface area contributed by atoms with Crippen molar-refractivity contribution in [3.63, 3.8) is 0 Å². The van der Waals surface area contributed by atoms with Crippen molar-refractivity contribution in [2.45, 2.75) is 53.4 Å². The normalized spacial score (nSPS) is 18.6. The third-order valence-electron chi connectivity index (χ3n) is 4.94. The van der Waals surface area contributed by atoms with Crippen molar-refractivity contribution in [2.75, 3.05) is 0 Å². The summed E-state index contributed by atoms with van der Waals surface area (Å²) in [6, 6.07) is 0. The van der Waals surface area contributed by atoms with E-state index in [2.05, 4.69) is 0 Å². The van der Waals surface area contributed by atoms with Gasteiger partial charge in [0.2, 0.25) is 0 Å². The van der Waals surface area contributed by atoms with Gasteiger partial charge in [-0.25, -0.2) is 9.59 Å². The van der Waals surface area contributed by atoms with Crippen LogP contribution < -0.4 is 0 Å². The molecule has 0 spiro atoms. The van der Waals surface area contributed by atoms with Crippen molar-refractivity contribution < 1.29 is 38.4 Å². The van der Waals surface area contributed by atoms with Gasteiger partial charge < -0.3 is 9.68 Å². The maximum atomic E-state index is 12.5. The van der Waals surface area contributed by atoms with E-state index in [-0.39, 0.29) is 25.7 Å². The summed E-state index contributed by atoms with van der Waals surface area (Å²) < 4.78 is 0. The summed E-state index contributed by atoms with van der Waals surface area (Å²) in [7, 11) is 0. The smallest absolute Gasteiger partial charge is 0.330 e. The summed E-state index contributed by atoms with van der Waals surface area (Å²) in [4.78, 5) is 81.1. The molecule has 0 aliphatic carbocycles. The first-order chi connectivity index (χ1) is 11.9. The zero-order valence-corrected chi connectivity index (χ0v) is 15.0. The molecule has 0 aromatic heterocycles. The highest BCUT2D eigenvalue weighted by Crippen LogP contribution is 2.41. The van der Waals surface area contributed by atoms with Crippen molar-refractivity contribution in [1.82, 2.24) is 10.1 Å². The van der Waals surface area contributed by atoms with E-state index in [4.69, 9.17) is 9.68 Å². The standard InChI is InChI=1S/C16H20N2O8/c1-15(2,13(23)25-17-9(19)5-6-10(17)20)16(3,4)14(24)26-18-11(21)7-8-12(18)22/h5-8H2,1-4H3. The lowest BCUT2D eigenvalue weighted by atomic mass is 9.68. The van der Waals surface area contributed by atoms with Crippen molar-refractivity contribution in [3.05, 3.63) is 0 Å². The third kappa shape index (κ3) is 3.18. The van der Waals surface area contributed by atoms with E-state index in [0.717, 1.165) is 0 Å². The second kappa shape index (κ2) is 6.50. The van der Waals surface area contributed by atoms with E-state index in [1.165, 1.54) is 27.7 Å². The van der Waals surface area contributed by atoms with Crippen LogP contribution in [0.1, 0.15) is 53.4 Å². The Morgan fingerprint density at radius 1 is 0.654 bits per heavy atom. The molecule has 0 unspecified atom stereocenters. The average Bonchev–Trinajstić information content (AvgIpc) is 3.04. The molecule has 2 heterocycles. The van der Waals surface area contributed by atoms with Crippen LogP contribution in [0.5, 0.6) is 0 Å². The van der Waals surface area contributed by atoms with Gasteiger partial charge >= 0.3 is 11.9 Å². The first-order valence-electron chi connectivity index (χ1n) is 8.06. The molecule has 0 atom stereocenters. The molecule has 0 saturated carbocycles. The van der Waals surface area contributed by atoms with Gasteiger partial charge in [-0.05, 0) is 27.7 Å². The number of amides is 4. The van der Waals surface area contributed by atoms with E-state index >= 15 is 0 Å². The molecule has 10 nitrogen and oxygen atoms in total. The number of carbonyl (C=O) groups is 6. The molecular weight excluding hydrogens is 348 g/mol. The van der Waals surface area contributed by atoms with E-state index in [1.807, 2.05) is 0 Å². The van der Waals surface area contributed by atoms with Gasteiger partial charge in [-0.2, -0.15) is 0 Å². The predicted octanol–water partition coefficient (Wildman–Crippen LogP) is 0.253. The van der Waals surface area contributed by atoms with E-state index in [0.29, 0.717) is 10.1 Å². The molecular formula is C16H20N2O8. The largest absolute Gasteiger partial charge is 0.339 e. The minimum Gasteiger partial charge on any atom is -0.330 e. The highest BCUT2D eigenvalue weighted by atomic mass is 16.7. The van der Waals surface area contributed by atoms with Crippen molar-refractivity contribution >= 4 is 35.6 Å². The average molecular weight is 368 g/mol. The Bertz CT molecular complexity index is 617. The van der Waals surface area contributed by atoms with Crippen LogP contribution in [0.15, 0.2) is 0 Å². The van der Waals surface area contributed by atoms with Crippen molar-refractivity contribution in [1.29, 1.82) is 0 Å². The molecule has 10 heteroatoms. The second-order valence-corrected chi connectivity index (χ2v) is 7.17. The van der Waals surface area contributed by atoms with Crippen molar-refractivity contribution in [3.8, 4) is 0 Å². The fourth-order valence-electron chi connectivity index (χ4n) is 2.22. The Balaban J connectivity index is 2.14. The van der Waals surface area contributed by atoms with Crippen LogP contribution in [0.4, 0.5) is 0 Å². The SMILES string of the molecule is CC(C)(C(=O)ON1C(=O)CCC1=O)C(C)(C)C(=O)ON1C(=O)CCC1=O. The molecule has 2 rings (SSSR count). The number of hydroxylamine groups is 4. The number of hydrogen-bond donors (Lipinski definition) is 0. The second-order valence-electron chi connectivity index (χ2n) is 7.17. The molecule has 2 aliphatic heterocycles. The van der Waals surface area contributed by atoms with Gasteiger partial charge in [0, 0.05) is 25.7 Å². The highest BCUT2D eigenvalue weighted by Gasteiger charge is 2.53. The van der Waals surface area contributed by atoms with Crippen LogP contribution in [0.3, 0.4) is 0 Å². The molecule has 0 aromatic rings. The quantitative estimate of drug-likeness (QED) is 0.632. The first-order valence-corrected chi connectivity index (χ1v) is 8.06. The number of nitrogens with zero attached hydrogens (tertiary/aromatic N) is 2. The lowest BCUT2D eigenvalue weighted by molar-refractivity contribution is -0.219. The minimum absolute atomic E-state index is 0.0584. The maximum absolute atomic E-state index is 12.5. The lowest BCUT2D eigenvalue weighted by Gasteiger charge is -2.37. The Kier molecular flexibility index (Phi) is 4.89. The van der Waals surface area contributed by atoms with Gasteiger partial charge in [0.25, 0.3) is 23.6 Å². The third-order valence-corrected chi connectivity index (χ3v) is 4.94. The minimum atomic E-state index is -1.54. The zero-order valence-electron chi connectivity index (χ0n) is 15.0. The van der Waals surface area contributed by atoms with Crippen LogP contribution in [-0.2, 0) is 38.4 Å². The number of imide groups is 2. The summed E-state index contributed by atoms with van der Waals surface area (Å²) in [5.41, 5.74) is -3.09. The number of rotatable bonds is 5. The summed E-state index contributed by atoms with van der Waals surface area (Å²) >= 11 is 0. The zero-order chi connectivity index (χ0) is 19.9. The monoisotopic (exact) mass is 368 g/mol. The molecule has 0 N–H and O–H groups in total. The van der Waals surface area contributed by atoms with Crippen LogP contribution in [0, 0.1) is 10.8 Å². The fourth-order valence-corrected chi connectivity index (χ4v) is 2.22. The van der Waals surface area contributed by atoms with Gasteiger partial charge in [0.05, 0.1) is 10.8 Å². The van der Waals surface area contributed by atoms with Crippen LogP contribution >= 0.6 is 0 Å². The predicted molar refractivity (Wildman–Crippen MR) is 81.9 cm³/mol. The van der Waals surface area contributed by atoms with Gasteiger partial charge in [0.1, 0.15) is 0 Å². The lowest BCUT2D eigenvalue weighted by Crippen LogP contribution is -2.50. The summed E-state index contributed by atoms with van der Waals surface area (Å²) in [5, 5.41) is 0.776. The van der Waals surface area contributed by atoms with E-state index < -0.39 is 46.4 Å². The molecule has 0 bridgehead atoms. The molecule has 26 heavy (non-hydrogen) atoms. The van der Waals surface area contributed by atoms with Gasteiger partial charge in [-0.3, -0.25) is 19.2 Å². The summed E-state index contributed by atoms with van der Waals surface area (Å²) in [6.07, 6.45) is -0.233. The first kappa shape index (κ1) is 19.5. The van der Waals surface area contributed by atoms with Gasteiger partial charge in [-0.1, -0.05) is 0 Å². The molecule has 4 amide bonds. The highest BCUT2D eigenvalue weighted by molar-refractivity contribution is 6.03. The van der Waals surface area contributed by atoms with Crippen LogP contribution in [0.25, 0.3) is 0 Å². The van der Waals surface area contributed by atoms with Crippen LogP contribution in [-0.4, -0.2) is 45.7 Å². The molecule has 0 aromatic carbocycles. The van der Waals surface area contributed by atoms with Gasteiger partial charge in [-0.15, -0.1) is 10.1 Å². The topological polar surface area (TPSA) is 127 Å². The van der Waals surface area contributed by atoms with Gasteiger partial charge in [0.15, 0.2) is 0 Å². The Morgan fingerprint density at radius 3 is 1.12 bits per heavy atom. The summed E-state index contributed by atoms with van der Waals surface area (Å²) in [6.45, 7) is 5.48. The molecule has 2 saturated heterocycles. The molecule has 2 aliphatic rings.